The molecule has 1 amide bonds. The van der Waals surface area contributed by atoms with E-state index in [2.05, 4.69) is 15.3 Å². The predicted molar refractivity (Wildman–Crippen MR) is 253 cm³/mol. The van der Waals surface area contributed by atoms with Gasteiger partial charge in [0, 0.05) is 55.9 Å². The number of hydrogen-bond donors (Lipinski definition) is 4. The number of aliphatic imine (C=N–C) groups is 1. The van der Waals surface area contributed by atoms with Crippen LogP contribution in [-0.4, -0.2) is 166 Å². The first kappa shape index (κ1) is 56.3. The molecule has 18 nitrogen and oxygen atoms in total. The largest absolute Gasteiger partial charge is 0.459 e. The molecule has 0 radical (unpaired) electrons. The molecule has 4 heterocycles. The standard InChI is InChI=1S/C49H76FN5O13S/c1-12-39-48(9,61)44-30(4)40(51-33(7)57)28(2)23-47(8,18-19-49(62,26-56)27-65-44)43(31(5)41(58)32(6)45(60)67-39)68-46-42(59)38(21-29(3)66-46)54(10)20-17-35-25-55(53-52-35)36(24-50)22-34-13-15-37(16-14-34)69(11,63)64/h13-16,25,28-32,36,38-39,42-44,46,56,59,61-62H,12,17-24,26-27H2,1-11H3/t28-,29-,30+,31+,32-,36+,38+,39-,42-,43-,44-,46+,47-,48-,49?/m1/s1. The van der Waals surface area contributed by atoms with Crippen molar-refractivity contribution >= 4 is 33.2 Å². The van der Waals surface area contributed by atoms with Crippen LogP contribution >= 0.6 is 0 Å². The van der Waals surface area contributed by atoms with Gasteiger partial charge in [0.1, 0.15) is 36.0 Å². The van der Waals surface area contributed by atoms with E-state index in [1.165, 1.54) is 37.6 Å². The van der Waals surface area contributed by atoms with Crippen molar-refractivity contribution in [3.8, 4) is 0 Å². The molecular weight excluding hydrogens is 918 g/mol. The summed E-state index contributed by atoms with van der Waals surface area (Å²) in [7, 11) is -1.54. The number of aromatic nitrogens is 3. The molecular formula is C49H76FN5O13S. The van der Waals surface area contributed by atoms with Crippen molar-refractivity contribution in [2.75, 3.05) is 39.7 Å². The zero-order valence-electron chi connectivity index (χ0n) is 42.1. The summed E-state index contributed by atoms with van der Waals surface area (Å²) < 4.78 is 65.3. The highest BCUT2D eigenvalue weighted by atomic mass is 32.2. The van der Waals surface area contributed by atoms with E-state index in [1.54, 1.807) is 39.1 Å². The van der Waals surface area contributed by atoms with Crippen molar-refractivity contribution < 1.29 is 66.6 Å². The summed E-state index contributed by atoms with van der Waals surface area (Å²) in [6, 6.07) is 5.08. The lowest BCUT2D eigenvalue weighted by Crippen LogP contribution is -2.59. The summed E-state index contributed by atoms with van der Waals surface area (Å²) in [4.78, 5) is 48.0. The first-order valence-electron chi connectivity index (χ1n) is 24.1. The molecule has 4 N–H and O–H groups in total. The number of Topliss-reactive ketones (excluding diaryl/α,β-unsaturated/α-hetero) is 1. The van der Waals surface area contributed by atoms with Gasteiger partial charge in [-0.2, -0.15) is 0 Å². The van der Waals surface area contributed by atoms with E-state index in [0.717, 1.165) is 11.8 Å². The maximum Gasteiger partial charge on any atom is 0.316 e. The van der Waals surface area contributed by atoms with Crippen LogP contribution < -0.4 is 0 Å². The van der Waals surface area contributed by atoms with Crippen LogP contribution in [-0.2, 0) is 56.0 Å². The number of benzene rings is 1. The first-order chi connectivity index (χ1) is 32.2. The van der Waals surface area contributed by atoms with Gasteiger partial charge < -0.3 is 44.3 Å². The molecule has 1 unspecified atom stereocenters. The number of hydrogen-bond acceptors (Lipinski definition) is 16. The highest BCUT2D eigenvalue weighted by Gasteiger charge is 2.53. The smallest absolute Gasteiger partial charge is 0.316 e. The van der Waals surface area contributed by atoms with Gasteiger partial charge in [0.05, 0.1) is 48.2 Å². The second kappa shape index (κ2) is 22.9. The third-order valence-electron chi connectivity index (χ3n) is 14.8. The lowest BCUT2D eigenvalue weighted by molar-refractivity contribution is -0.288. The number of fused-ring (bicyclic) bond motifs is 5. The van der Waals surface area contributed by atoms with E-state index in [-0.39, 0.29) is 37.0 Å². The number of amides is 1. The van der Waals surface area contributed by atoms with Gasteiger partial charge in [0.25, 0.3) is 0 Å². The van der Waals surface area contributed by atoms with Crippen LogP contribution in [0.5, 0.6) is 0 Å². The fourth-order valence-electron chi connectivity index (χ4n) is 10.7. The number of carbonyl (C=O) groups is 3. The average Bonchev–Trinajstić information content (AvgIpc) is 3.77. The predicted octanol–water partition coefficient (Wildman–Crippen LogP) is 3.65. The van der Waals surface area contributed by atoms with Crippen LogP contribution in [0.2, 0.25) is 0 Å². The van der Waals surface area contributed by atoms with Gasteiger partial charge in [-0.05, 0) is 95.4 Å². The minimum atomic E-state index is -3.38. The quantitative estimate of drug-likeness (QED) is 0.165. The molecule has 3 fully saturated rings. The van der Waals surface area contributed by atoms with Crippen LogP contribution in [0.1, 0.15) is 112 Å². The molecule has 1 aromatic carbocycles. The zero-order valence-corrected chi connectivity index (χ0v) is 42.9. The molecule has 2 aromatic rings. The maximum atomic E-state index is 14.6. The monoisotopic (exact) mass is 994 g/mol. The molecule has 3 saturated heterocycles. The van der Waals surface area contributed by atoms with Gasteiger partial charge in [0.15, 0.2) is 21.9 Å². The summed E-state index contributed by atoms with van der Waals surface area (Å²) in [5.41, 5.74) is -3.18. The summed E-state index contributed by atoms with van der Waals surface area (Å²) in [5.74, 6) is -5.57. The van der Waals surface area contributed by atoms with Crippen molar-refractivity contribution in [1.29, 1.82) is 0 Å². The van der Waals surface area contributed by atoms with Gasteiger partial charge in [0.2, 0.25) is 5.91 Å². The van der Waals surface area contributed by atoms with E-state index < -0.39 is 137 Å². The molecule has 2 bridgehead atoms. The molecule has 0 spiro atoms. The number of esters is 1. The van der Waals surface area contributed by atoms with E-state index in [4.69, 9.17) is 18.9 Å². The Kier molecular flexibility index (Phi) is 18.7. The molecule has 15 atom stereocenters. The minimum absolute atomic E-state index is 0.0525. The van der Waals surface area contributed by atoms with Crippen LogP contribution in [0.15, 0.2) is 40.4 Å². The number of carbonyl (C=O) groups excluding carboxylic acids is 3. The van der Waals surface area contributed by atoms with E-state index in [1.807, 2.05) is 32.7 Å². The SMILES string of the molecule is CC[C@H]1OC(=O)[C@H](C)C(=O)[C@H](C)[C@@H](O[C@@H]2O[C@H](C)C[C@H](N(C)CCc3cn([C@H](CF)Cc4ccc(S(C)(=O)=O)cc4)nn3)[C@H]2O)[C@]2(C)CCC(O)(CO)CO[C@H]([C@@H](C)C(=NC(C)=O)[C@H](C)C2)[C@]1(C)O. The number of ether oxygens (including phenoxy) is 4. The van der Waals surface area contributed by atoms with Crippen LogP contribution in [0.25, 0.3) is 0 Å². The third kappa shape index (κ3) is 13.3. The Bertz CT molecular complexity index is 2230. The number of sulfone groups is 1. The highest BCUT2D eigenvalue weighted by Crippen LogP contribution is 2.46. The molecule has 3 aliphatic heterocycles. The Labute approximate surface area is 406 Å². The van der Waals surface area contributed by atoms with Crippen LogP contribution in [0.3, 0.4) is 0 Å². The molecule has 1 aromatic heterocycles. The Morgan fingerprint density at radius 1 is 1.09 bits per heavy atom. The number of halogens is 1. The second-order valence-corrected chi connectivity index (χ2v) is 22.7. The Morgan fingerprint density at radius 3 is 2.35 bits per heavy atom. The molecule has 0 aliphatic carbocycles. The Balaban J connectivity index is 1.46. The number of alkyl halides is 1. The first-order valence-corrected chi connectivity index (χ1v) is 26.0. The number of likely N-dealkylation sites (N-methyl/N-ethyl adjacent to an activating group) is 1. The second-order valence-electron chi connectivity index (χ2n) is 20.7. The zero-order chi connectivity index (χ0) is 51.4. The van der Waals surface area contributed by atoms with Gasteiger partial charge in [-0.3, -0.25) is 14.4 Å². The Morgan fingerprint density at radius 2 is 1.75 bits per heavy atom. The van der Waals surface area contributed by atoms with Gasteiger partial charge in [-0.25, -0.2) is 22.5 Å². The molecule has 3 aliphatic rings. The van der Waals surface area contributed by atoms with Gasteiger partial charge >= 0.3 is 5.97 Å². The Hall–Kier alpha value is -3.60. The molecule has 388 valence electrons. The number of rotatable bonds is 13. The third-order valence-corrected chi connectivity index (χ3v) is 15.9. The topological polar surface area (TPSA) is 249 Å². The van der Waals surface area contributed by atoms with Crippen molar-refractivity contribution in [3.05, 3.63) is 41.7 Å². The van der Waals surface area contributed by atoms with E-state index in [9.17, 15) is 47.6 Å². The summed E-state index contributed by atoms with van der Waals surface area (Å²) in [6.45, 7) is 13.4. The maximum absolute atomic E-state index is 14.6. The lowest BCUT2D eigenvalue weighted by atomic mass is 9.65. The van der Waals surface area contributed by atoms with Gasteiger partial charge in [-0.1, -0.05) is 52.0 Å². The molecule has 20 heteroatoms. The van der Waals surface area contributed by atoms with Crippen molar-refractivity contribution in [2.45, 2.75) is 172 Å². The van der Waals surface area contributed by atoms with Crippen LogP contribution in [0, 0.1) is 29.1 Å². The van der Waals surface area contributed by atoms with Gasteiger partial charge in [-0.15, -0.1) is 5.10 Å². The fourth-order valence-corrected chi connectivity index (χ4v) is 11.3. The summed E-state index contributed by atoms with van der Waals surface area (Å²) in [6.07, 6.45) is -2.28. The lowest BCUT2D eigenvalue weighted by Gasteiger charge is -2.48. The van der Waals surface area contributed by atoms with Crippen LogP contribution in [0.4, 0.5) is 4.39 Å². The molecule has 5 rings (SSSR count). The average molecular weight is 994 g/mol. The van der Waals surface area contributed by atoms with Crippen molar-refractivity contribution in [1.82, 2.24) is 19.9 Å². The molecule has 0 saturated carbocycles. The highest BCUT2D eigenvalue weighted by molar-refractivity contribution is 7.90. The molecule has 69 heavy (non-hydrogen) atoms. The number of ketones is 1. The van der Waals surface area contributed by atoms with E-state index >= 15 is 0 Å². The van der Waals surface area contributed by atoms with Crippen molar-refractivity contribution in [3.63, 3.8) is 0 Å². The number of nitrogens with zero attached hydrogens (tertiary/aromatic N) is 5. The van der Waals surface area contributed by atoms with Crippen molar-refractivity contribution in [2.24, 2.45) is 34.1 Å². The number of aliphatic hydroxyl groups is 4. The van der Waals surface area contributed by atoms with E-state index in [0.29, 0.717) is 30.8 Å². The number of aliphatic hydroxyl groups excluding tert-OH is 2. The number of cyclic esters (lactones) is 1. The minimum Gasteiger partial charge on any atom is -0.459 e. The summed E-state index contributed by atoms with van der Waals surface area (Å²) in [5, 5.41) is 55.6. The summed E-state index contributed by atoms with van der Waals surface area (Å²) >= 11 is 0. The normalized spacial score (nSPS) is 36.6. The fraction of sp³-hybridized carbons (Fsp3) is 0.755.